The molecule has 2 aliphatic carbocycles. The number of halogens is 2. The predicted octanol–water partition coefficient (Wildman–Crippen LogP) is 3.82. The average Bonchev–Trinajstić information content (AvgIpc) is 2.82. The number of rotatable bonds is 0. The minimum absolute atomic E-state index is 0.0551. The van der Waals surface area contributed by atoms with E-state index in [-0.39, 0.29) is 22.6 Å². The molecule has 0 bridgehead atoms. The molecule has 2 amide bonds. The zero-order valence-corrected chi connectivity index (χ0v) is 15.0. The minimum Gasteiger partial charge on any atom is -0.285 e. The van der Waals surface area contributed by atoms with E-state index in [4.69, 9.17) is 16.9 Å². The summed E-state index contributed by atoms with van der Waals surface area (Å²) in [7, 11) is 0. The van der Waals surface area contributed by atoms with Gasteiger partial charge in [0, 0.05) is 22.8 Å². The molecule has 1 heterocycles. The molecule has 2 saturated carbocycles. The molecule has 0 radical (unpaired) electrons. The Kier molecular flexibility index (Phi) is 5.16. The van der Waals surface area contributed by atoms with Crippen molar-refractivity contribution in [1.29, 1.82) is 5.26 Å². The highest BCUT2D eigenvalue weighted by Gasteiger charge is 2.45. The molecule has 0 saturated heterocycles. The number of nitriles is 1. The molecular formula is C16H20ClFN4OS. The van der Waals surface area contributed by atoms with Crippen molar-refractivity contribution in [2.24, 2.45) is 15.9 Å². The van der Waals surface area contributed by atoms with Crippen LogP contribution in [0.4, 0.5) is 9.18 Å². The first-order valence-corrected chi connectivity index (χ1v) is 9.53. The molecule has 8 heteroatoms. The summed E-state index contributed by atoms with van der Waals surface area (Å²) in [5.74, 6) is -0.589. The van der Waals surface area contributed by atoms with Gasteiger partial charge >= 0.3 is 6.03 Å². The third-order valence-corrected chi connectivity index (χ3v) is 6.79. The first kappa shape index (κ1) is 17.7. The third kappa shape index (κ3) is 3.75. The summed E-state index contributed by atoms with van der Waals surface area (Å²) in [6.45, 7) is 2.09. The van der Waals surface area contributed by atoms with Crippen molar-refractivity contribution in [1.82, 2.24) is 5.32 Å². The lowest BCUT2D eigenvalue weighted by atomic mass is 9.83. The van der Waals surface area contributed by atoms with Crippen molar-refractivity contribution in [2.75, 3.05) is 0 Å². The third-order valence-electron chi connectivity index (χ3n) is 4.99. The van der Waals surface area contributed by atoms with Crippen LogP contribution >= 0.6 is 23.4 Å². The Morgan fingerprint density at radius 1 is 1.58 bits per heavy atom. The highest BCUT2D eigenvalue weighted by molar-refractivity contribution is 8.14. The van der Waals surface area contributed by atoms with Crippen molar-refractivity contribution in [2.45, 2.75) is 67.8 Å². The Balaban J connectivity index is 1.59. The molecule has 5 unspecified atom stereocenters. The lowest BCUT2D eigenvalue weighted by Gasteiger charge is -2.34. The molecule has 2 fully saturated rings. The lowest BCUT2D eigenvalue weighted by molar-refractivity contribution is 0.248. The Bertz CT molecular complexity index is 634. The number of thioether (sulfide) groups is 1. The summed E-state index contributed by atoms with van der Waals surface area (Å²) in [4.78, 5) is 20.7. The van der Waals surface area contributed by atoms with Gasteiger partial charge in [-0.1, -0.05) is 11.8 Å². The second-order valence-electron chi connectivity index (χ2n) is 6.85. The van der Waals surface area contributed by atoms with Crippen LogP contribution in [0.5, 0.6) is 0 Å². The van der Waals surface area contributed by atoms with Gasteiger partial charge in [-0.15, -0.1) is 11.6 Å². The number of carbonyl (C=O) groups is 1. The zero-order valence-electron chi connectivity index (χ0n) is 13.5. The summed E-state index contributed by atoms with van der Waals surface area (Å²) in [5.41, 5.74) is 0.334. The van der Waals surface area contributed by atoms with Crippen LogP contribution < -0.4 is 5.32 Å². The maximum Gasteiger partial charge on any atom is 0.346 e. The number of carbonyl (C=O) groups excluding carboxylic acids is 1. The van der Waals surface area contributed by atoms with E-state index >= 15 is 0 Å². The summed E-state index contributed by atoms with van der Waals surface area (Å²) in [6, 6.07) is 1.45. The van der Waals surface area contributed by atoms with Gasteiger partial charge < -0.3 is 0 Å². The van der Waals surface area contributed by atoms with Crippen LogP contribution in [0, 0.1) is 17.2 Å². The van der Waals surface area contributed by atoms with Crippen LogP contribution in [-0.4, -0.2) is 39.2 Å². The standard InChI is InChI=1S/C16H20ClFN4OS/c1-16-5-4-10(17)6-13(16)24-15(22-16)21-14(23)20-11-3-2-9(8-19)12(18)7-11/h9-10,12-13H,2-7H2,1H3,(H,21,22,23)/b20-11+. The van der Waals surface area contributed by atoms with Crippen LogP contribution in [-0.2, 0) is 0 Å². The number of fused-ring (bicyclic) bond motifs is 1. The fourth-order valence-electron chi connectivity index (χ4n) is 3.45. The number of urea groups is 1. The van der Waals surface area contributed by atoms with Gasteiger partial charge in [-0.3, -0.25) is 10.3 Å². The molecule has 3 rings (SSSR count). The van der Waals surface area contributed by atoms with Gasteiger partial charge in [-0.05, 0) is 39.0 Å². The molecule has 0 aromatic carbocycles. The maximum absolute atomic E-state index is 13.8. The smallest absolute Gasteiger partial charge is 0.285 e. The van der Waals surface area contributed by atoms with Crippen LogP contribution in [0.25, 0.3) is 0 Å². The van der Waals surface area contributed by atoms with Crippen LogP contribution in [0.3, 0.4) is 0 Å². The van der Waals surface area contributed by atoms with E-state index in [9.17, 15) is 9.18 Å². The SMILES string of the molecule is CC12CCC(Cl)CC1SC(NC(=O)/N=C1\CCC(C#N)C(F)C1)=N2. The molecular weight excluding hydrogens is 351 g/mol. The van der Waals surface area contributed by atoms with Gasteiger partial charge in [0.25, 0.3) is 0 Å². The largest absolute Gasteiger partial charge is 0.346 e. The Morgan fingerprint density at radius 2 is 2.38 bits per heavy atom. The van der Waals surface area contributed by atoms with Crippen molar-refractivity contribution >= 4 is 40.3 Å². The summed E-state index contributed by atoms with van der Waals surface area (Å²) < 4.78 is 13.8. The monoisotopic (exact) mass is 370 g/mol. The average molecular weight is 371 g/mol. The Labute approximate surface area is 150 Å². The molecule has 1 aliphatic heterocycles. The van der Waals surface area contributed by atoms with Crippen LogP contribution in [0.15, 0.2) is 9.98 Å². The van der Waals surface area contributed by atoms with E-state index in [0.717, 1.165) is 19.3 Å². The molecule has 24 heavy (non-hydrogen) atoms. The van der Waals surface area contributed by atoms with Gasteiger partial charge in [-0.25, -0.2) is 14.2 Å². The maximum atomic E-state index is 13.8. The molecule has 0 spiro atoms. The fourth-order valence-corrected chi connectivity index (χ4v) is 5.27. The number of nitrogens with zero attached hydrogens (tertiary/aromatic N) is 3. The number of amidine groups is 1. The molecule has 5 nitrogen and oxygen atoms in total. The second kappa shape index (κ2) is 7.01. The van der Waals surface area contributed by atoms with Crippen molar-refractivity contribution in [3.05, 3.63) is 0 Å². The van der Waals surface area contributed by atoms with Crippen LogP contribution in [0.1, 0.15) is 45.4 Å². The highest BCUT2D eigenvalue weighted by Crippen LogP contribution is 2.45. The van der Waals surface area contributed by atoms with E-state index in [2.05, 4.69) is 22.2 Å². The lowest BCUT2D eigenvalue weighted by Crippen LogP contribution is -2.38. The molecule has 0 aromatic rings. The number of nitrogens with one attached hydrogen (secondary N) is 1. The predicted molar refractivity (Wildman–Crippen MR) is 94.5 cm³/mol. The molecule has 1 N–H and O–H groups in total. The van der Waals surface area contributed by atoms with E-state index in [1.165, 1.54) is 11.8 Å². The number of hydrogen-bond acceptors (Lipinski definition) is 4. The quantitative estimate of drug-likeness (QED) is 0.658. The van der Waals surface area contributed by atoms with Crippen molar-refractivity contribution < 1.29 is 9.18 Å². The highest BCUT2D eigenvalue weighted by atomic mass is 35.5. The first-order chi connectivity index (χ1) is 11.4. The van der Waals surface area contributed by atoms with Gasteiger partial charge in [-0.2, -0.15) is 5.26 Å². The summed E-state index contributed by atoms with van der Waals surface area (Å²) in [5, 5.41) is 12.6. The normalized spacial score (nSPS) is 40.6. The molecule has 0 aromatic heterocycles. The van der Waals surface area contributed by atoms with Gasteiger partial charge in [0.1, 0.15) is 6.17 Å². The van der Waals surface area contributed by atoms with Gasteiger partial charge in [0.2, 0.25) is 0 Å². The molecule has 130 valence electrons. The van der Waals surface area contributed by atoms with Crippen LogP contribution in [0.2, 0.25) is 0 Å². The Morgan fingerprint density at radius 3 is 3.08 bits per heavy atom. The first-order valence-electron chi connectivity index (χ1n) is 8.21. The number of aliphatic imine (C=N–C) groups is 2. The minimum atomic E-state index is -1.24. The van der Waals surface area contributed by atoms with Gasteiger partial charge in [0.15, 0.2) is 5.17 Å². The number of alkyl halides is 2. The Hall–Kier alpha value is -1.13. The molecule has 5 atom stereocenters. The second-order valence-corrected chi connectivity index (χ2v) is 8.66. The van der Waals surface area contributed by atoms with Gasteiger partial charge in [0.05, 0.1) is 17.5 Å². The molecule has 3 aliphatic rings. The summed E-state index contributed by atoms with van der Waals surface area (Å²) in [6.07, 6.45) is 2.43. The summed E-state index contributed by atoms with van der Waals surface area (Å²) >= 11 is 7.77. The topological polar surface area (TPSA) is 77.6 Å². The van der Waals surface area contributed by atoms with E-state index in [0.29, 0.717) is 23.7 Å². The van der Waals surface area contributed by atoms with Crippen molar-refractivity contribution in [3.63, 3.8) is 0 Å². The zero-order chi connectivity index (χ0) is 17.3. The van der Waals surface area contributed by atoms with E-state index < -0.39 is 18.1 Å². The number of amides is 2. The van der Waals surface area contributed by atoms with Crippen molar-refractivity contribution in [3.8, 4) is 6.07 Å². The number of hydrogen-bond donors (Lipinski definition) is 1. The van der Waals surface area contributed by atoms with E-state index in [1.54, 1.807) is 0 Å². The fraction of sp³-hybridized carbons (Fsp3) is 0.750. The van der Waals surface area contributed by atoms with E-state index in [1.807, 2.05) is 6.07 Å².